The van der Waals surface area contributed by atoms with E-state index in [4.69, 9.17) is 9.88 Å². The average molecular weight is 360 g/mol. The summed E-state index contributed by atoms with van der Waals surface area (Å²) in [6, 6.07) is 10.4. The van der Waals surface area contributed by atoms with E-state index in [0.717, 1.165) is 11.8 Å². The lowest BCUT2D eigenvalue weighted by Crippen LogP contribution is -2.14. The van der Waals surface area contributed by atoms with Crippen LogP contribution in [0.3, 0.4) is 0 Å². The average Bonchev–Trinajstić information content (AvgIpc) is 3.08. The molecule has 2 aromatic carbocycles. The van der Waals surface area contributed by atoms with Crippen molar-refractivity contribution in [2.24, 2.45) is 5.14 Å². The SMILES string of the molecule is NS(=O)(=O)c1cccc(Oc2cccc(-n3ccnc3)c2)c1[N+](=O)[O-]. The molecule has 9 nitrogen and oxygen atoms in total. The number of imidazole rings is 1. The van der Waals surface area contributed by atoms with Crippen LogP contribution in [0, 0.1) is 10.1 Å². The zero-order valence-corrected chi connectivity index (χ0v) is 13.5. The van der Waals surface area contributed by atoms with E-state index in [9.17, 15) is 18.5 Å². The molecule has 0 aliphatic carbocycles. The van der Waals surface area contributed by atoms with Gasteiger partial charge < -0.3 is 9.30 Å². The van der Waals surface area contributed by atoms with Crippen molar-refractivity contribution >= 4 is 15.7 Å². The Morgan fingerprint density at radius 1 is 1.20 bits per heavy atom. The molecule has 0 radical (unpaired) electrons. The molecule has 0 aliphatic rings. The molecule has 0 amide bonds. The molecule has 0 unspecified atom stereocenters. The Bertz CT molecular complexity index is 1030. The van der Waals surface area contributed by atoms with Crippen LogP contribution < -0.4 is 9.88 Å². The van der Waals surface area contributed by atoms with Crippen molar-refractivity contribution in [3.63, 3.8) is 0 Å². The normalized spacial score (nSPS) is 11.2. The van der Waals surface area contributed by atoms with Crippen molar-refractivity contribution in [2.75, 3.05) is 0 Å². The van der Waals surface area contributed by atoms with Crippen LogP contribution in [0.2, 0.25) is 0 Å². The summed E-state index contributed by atoms with van der Waals surface area (Å²) < 4.78 is 30.4. The second kappa shape index (κ2) is 6.34. The molecule has 0 fully saturated rings. The number of nitro groups is 1. The van der Waals surface area contributed by atoms with Gasteiger partial charge in [-0.2, -0.15) is 0 Å². The molecule has 3 aromatic rings. The van der Waals surface area contributed by atoms with Gasteiger partial charge in [0, 0.05) is 18.5 Å². The van der Waals surface area contributed by atoms with Crippen molar-refractivity contribution in [3.8, 4) is 17.2 Å². The zero-order valence-electron chi connectivity index (χ0n) is 12.6. The molecule has 2 N–H and O–H groups in total. The topological polar surface area (TPSA) is 130 Å². The zero-order chi connectivity index (χ0) is 18.0. The first-order valence-corrected chi connectivity index (χ1v) is 8.47. The fraction of sp³-hybridized carbons (Fsp3) is 0. The molecule has 0 saturated carbocycles. The van der Waals surface area contributed by atoms with Gasteiger partial charge in [0.2, 0.25) is 15.8 Å². The number of sulfonamides is 1. The number of aromatic nitrogens is 2. The minimum Gasteiger partial charge on any atom is -0.450 e. The lowest BCUT2D eigenvalue weighted by molar-refractivity contribution is -0.388. The van der Waals surface area contributed by atoms with Gasteiger partial charge in [0.15, 0.2) is 4.90 Å². The summed E-state index contributed by atoms with van der Waals surface area (Å²) in [4.78, 5) is 13.8. The van der Waals surface area contributed by atoms with E-state index in [1.807, 2.05) is 0 Å². The molecular formula is C15H12N4O5S. The van der Waals surface area contributed by atoms with E-state index in [-0.39, 0.29) is 5.75 Å². The van der Waals surface area contributed by atoms with Crippen molar-refractivity contribution in [1.82, 2.24) is 9.55 Å². The molecule has 0 aliphatic heterocycles. The standard InChI is InChI=1S/C15H12N4O5S/c16-25(22,23)14-6-2-5-13(15(14)19(20)21)24-12-4-1-3-11(9-12)18-8-7-17-10-18/h1-10H,(H2,16,22,23). The number of nitro benzene ring substituents is 1. The van der Waals surface area contributed by atoms with Crippen LogP contribution in [-0.2, 0) is 10.0 Å². The van der Waals surface area contributed by atoms with Gasteiger partial charge in [-0.3, -0.25) is 10.1 Å². The number of nitrogens with two attached hydrogens (primary N) is 1. The van der Waals surface area contributed by atoms with E-state index in [2.05, 4.69) is 4.98 Å². The molecule has 0 atom stereocenters. The number of primary sulfonamides is 1. The lowest BCUT2D eigenvalue weighted by atomic mass is 10.2. The van der Waals surface area contributed by atoms with Gasteiger partial charge in [0.1, 0.15) is 5.75 Å². The maximum absolute atomic E-state index is 11.6. The summed E-state index contributed by atoms with van der Waals surface area (Å²) in [5.41, 5.74) is 0.0123. The Morgan fingerprint density at radius 3 is 2.60 bits per heavy atom. The van der Waals surface area contributed by atoms with Gasteiger partial charge >= 0.3 is 5.69 Å². The smallest absolute Gasteiger partial charge is 0.331 e. The maximum atomic E-state index is 11.6. The van der Waals surface area contributed by atoms with Gasteiger partial charge in [0.25, 0.3) is 0 Å². The summed E-state index contributed by atoms with van der Waals surface area (Å²) in [7, 11) is -4.27. The predicted octanol–water partition coefficient (Wildman–Crippen LogP) is 2.22. The van der Waals surface area contributed by atoms with Gasteiger partial charge in [-0.05, 0) is 24.3 Å². The van der Waals surface area contributed by atoms with Crippen LogP contribution in [0.25, 0.3) is 5.69 Å². The minimum absolute atomic E-state index is 0.223. The van der Waals surface area contributed by atoms with E-state index in [1.165, 1.54) is 12.1 Å². The second-order valence-corrected chi connectivity index (χ2v) is 6.50. The molecule has 1 aromatic heterocycles. The number of hydrogen-bond acceptors (Lipinski definition) is 6. The Morgan fingerprint density at radius 2 is 1.96 bits per heavy atom. The highest BCUT2D eigenvalue weighted by Crippen LogP contribution is 2.36. The van der Waals surface area contributed by atoms with Crippen LogP contribution >= 0.6 is 0 Å². The molecule has 10 heteroatoms. The third-order valence-corrected chi connectivity index (χ3v) is 4.24. The predicted molar refractivity (Wildman–Crippen MR) is 88.1 cm³/mol. The van der Waals surface area contributed by atoms with Crippen molar-refractivity contribution < 1.29 is 18.1 Å². The third kappa shape index (κ3) is 3.49. The van der Waals surface area contributed by atoms with Crippen LogP contribution in [0.5, 0.6) is 11.5 Å². The third-order valence-electron chi connectivity index (χ3n) is 3.30. The number of hydrogen-bond donors (Lipinski definition) is 1. The van der Waals surface area contributed by atoms with E-state index >= 15 is 0 Å². The summed E-state index contributed by atoms with van der Waals surface area (Å²) in [6.45, 7) is 0. The van der Waals surface area contributed by atoms with Crippen LogP contribution in [0.4, 0.5) is 5.69 Å². The van der Waals surface area contributed by atoms with Gasteiger partial charge in [-0.25, -0.2) is 18.5 Å². The Hall–Kier alpha value is -3.24. The van der Waals surface area contributed by atoms with Crippen LogP contribution in [0.15, 0.2) is 66.1 Å². The summed E-state index contributed by atoms with van der Waals surface area (Å²) in [5, 5.41) is 16.4. The first-order valence-electron chi connectivity index (χ1n) is 6.93. The van der Waals surface area contributed by atoms with Gasteiger partial charge in [-0.15, -0.1) is 0 Å². The molecule has 0 saturated heterocycles. The highest BCUT2D eigenvalue weighted by Gasteiger charge is 2.28. The molecule has 1 heterocycles. The first kappa shape index (κ1) is 16.6. The molecular weight excluding hydrogens is 348 g/mol. The molecule has 128 valence electrons. The van der Waals surface area contributed by atoms with Crippen molar-refractivity contribution in [2.45, 2.75) is 4.90 Å². The molecule has 3 rings (SSSR count). The molecule has 0 bridgehead atoms. The Kier molecular flexibility index (Phi) is 4.21. The maximum Gasteiger partial charge on any atom is 0.331 e. The summed E-state index contributed by atoms with van der Waals surface area (Å²) >= 11 is 0. The fourth-order valence-electron chi connectivity index (χ4n) is 2.24. The fourth-order valence-corrected chi connectivity index (χ4v) is 2.95. The number of rotatable bonds is 5. The number of para-hydroxylation sites is 1. The Labute approximate surface area is 142 Å². The number of nitrogens with zero attached hydrogens (tertiary/aromatic N) is 3. The first-order chi connectivity index (χ1) is 11.9. The minimum atomic E-state index is -4.27. The molecule has 0 spiro atoms. The Balaban J connectivity index is 2.04. The summed E-state index contributed by atoms with van der Waals surface area (Å²) in [5.74, 6) is 0.0696. The van der Waals surface area contributed by atoms with Crippen molar-refractivity contribution in [1.29, 1.82) is 0 Å². The van der Waals surface area contributed by atoms with E-state index in [0.29, 0.717) is 5.75 Å². The monoisotopic (exact) mass is 360 g/mol. The van der Waals surface area contributed by atoms with E-state index < -0.39 is 25.5 Å². The lowest BCUT2D eigenvalue weighted by Gasteiger charge is -2.10. The number of ether oxygens (including phenoxy) is 1. The molecule has 25 heavy (non-hydrogen) atoms. The highest BCUT2D eigenvalue weighted by molar-refractivity contribution is 7.89. The largest absolute Gasteiger partial charge is 0.450 e. The highest BCUT2D eigenvalue weighted by atomic mass is 32.2. The number of benzene rings is 2. The second-order valence-electron chi connectivity index (χ2n) is 4.97. The van der Waals surface area contributed by atoms with E-state index in [1.54, 1.807) is 47.6 Å². The van der Waals surface area contributed by atoms with Crippen molar-refractivity contribution in [3.05, 3.63) is 71.3 Å². The van der Waals surface area contributed by atoms with Crippen LogP contribution in [0.1, 0.15) is 0 Å². The van der Waals surface area contributed by atoms with Crippen LogP contribution in [-0.4, -0.2) is 22.9 Å². The quantitative estimate of drug-likeness (QED) is 0.548. The van der Waals surface area contributed by atoms with Gasteiger partial charge in [-0.1, -0.05) is 12.1 Å². The summed E-state index contributed by atoms with van der Waals surface area (Å²) in [6.07, 6.45) is 4.92. The van der Waals surface area contributed by atoms with Gasteiger partial charge in [0.05, 0.1) is 16.9 Å².